The molecule has 0 aliphatic heterocycles. The molecule has 0 radical (unpaired) electrons. The van der Waals surface area contributed by atoms with Crippen LogP contribution in [0.4, 0.5) is 4.39 Å². The quantitative estimate of drug-likeness (QED) is 0.888. The van der Waals surface area contributed by atoms with Gasteiger partial charge < -0.3 is 10.1 Å². The van der Waals surface area contributed by atoms with Gasteiger partial charge >= 0.3 is 0 Å². The number of benzene rings is 1. The van der Waals surface area contributed by atoms with Gasteiger partial charge in [0.25, 0.3) is 0 Å². The van der Waals surface area contributed by atoms with E-state index in [1.807, 2.05) is 12.1 Å². The molecular weight excluding hydrogens is 271 g/mol. The number of hydrogen-bond donors (Lipinski definition) is 1. The Morgan fingerprint density at radius 3 is 2.43 bits per heavy atom. The van der Waals surface area contributed by atoms with Gasteiger partial charge in [0.15, 0.2) is 0 Å². The monoisotopic (exact) mass is 288 g/mol. The van der Waals surface area contributed by atoms with Gasteiger partial charge in [-0.15, -0.1) is 0 Å². The zero-order valence-corrected chi connectivity index (χ0v) is 11.8. The van der Waals surface area contributed by atoms with Crippen LogP contribution >= 0.6 is 0 Å². The van der Waals surface area contributed by atoms with Crippen molar-refractivity contribution in [3.63, 3.8) is 0 Å². The number of nitrogens with one attached hydrogen (secondary N) is 1. The van der Waals surface area contributed by atoms with Crippen molar-refractivity contribution in [1.82, 2.24) is 10.3 Å². The second-order valence-electron chi connectivity index (χ2n) is 4.58. The van der Waals surface area contributed by atoms with Gasteiger partial charge in [-0.05, 0) is 35.4 Å². The summed E-state index contributed by atoms with van der Waals surface area (Å²) in [6.07, 6.45) is 3.60. The van der Waals surface area contributed by atoms with E-state index in [1.54, 1.807) is 31.6 Å². The molecule has 1 N–H and O–H groups in total. The van der Waals surface area contributed by atoms with Crippen LogP contribution in [0.15, 0.2) is 48.8 Å². The van der Waals surface area contributed by atoms with Crippen LogP contribution in [-0.2, 0) is 9.53 Å². The van der Waals surface area contributed by atoms with E-state index in [0.717, 1.165) is 11.1 Å². The highest BCUT2D eigenvalue weighted by Gasteiger charge is 2.16. The summed E-state index contributed by atoms with van der Waals surface area (Å²) in [6.45, 7) is 0.359. The first kappa shape index (κ1) is 15.1. The van der Waals surface area contributed by atoms with E-state index in [0.29, 0.717) is 6.61 Å². The van der Waals surface area contributed by atoms with E-state index in [1.165, 1.54) is 12.1 Å². The molecule has 1 aromatic carbocycles. The zero-order chi connectivity index (χ0) is 15.1. The van der Waals surface area contributed by atoms with Crippen LogP contribution in [0, 0.1) is 5.82 Å². The van der Waals surface area contributed by atoms with E-state index < -0.39 is 0 Å². The normalized spacial score (nSPS) is 11.9. The summed E-state index contributed by atoms with van der Waals surface area (Å²) in [6, 6.07) is 9.40. The van der Waals surface area contributed by atoms with E-state index >= 15 is 0 Å². The van der Waals surface area contributed by atoms with E-state index in [4.69, 9.17) is 4.74 Å². The third-order valence-corrected chi connectivity index (χ3v) is 3.08. The number of ether oxygens (including phenoxy) is 1. The largest absolute Gasteiger partial charge is 0.384 e. The van der Waals surface area contributed by atoms with Crippen molar-refractivity contribution in [2.75, 3.05) is 13.7 Å². The number of carbonyl (C=O) groups is 1. The number of rotatable bonds is 6. The fourth-order valence-corrected chi connectivity index (χ4v) is 2.00. The maximum absolute atomic E-state index is 13.1. The molecular formula is C16H17FN2O2. The molecule has 2 rings (SSSR count). The lowest BCUT2D eigenvalue weighted by Crippen LogP contribution is -2.30. The van der Waals surface area contributed by atoms with Crippen LogP contribution in [0.5, 0.6) is 0 Å². The summed E-state index contributed by atoms with van der Waals surface area (Å²) in [5.41, 5.74) is 1.70. The Morgan fingerprint density at radius 2 is 1.81 bits per heavy atom. The number of aromatic nitrogens is 1. The Hall–Kier alpha value is -2.27. The molecule has 5 heteroatoms. The van der Waals surface area contributed by atoms with Crippen LogP contribution < -0.4 is 5.32 Å². The molecule has 1 amide bonds. The molecule has 0 unspecified atom stereocenters. The van der Waals surface area contributed by atoms with Crippen LogP contribution in [0.2, 0.25) is 0 Å². The Kier molecular flexibility index (Phi) is 5.40. The van der Waals surface area contributed by atoms with Gasteiger partial charge in [-0.2, -0.15) is 0 Å². The predicted octanol–water partition coefficient (Wildman–Crippen LogP) is 2.46. The van der Waals surface area contributed by atoms with Gasteiger partial charge in [-0.3, -0.25) is 9.78 Å². The summed E-state index contributed by atoms with van der Waals surface area (Å²) in [7, 11) is 1.55. The van der Waals surface area contributed by atoms with Crippen molar-refractivity contribution in [2.45, 2.75) is 12.5 Å². The van der Waals surface area contributed by atoms with Crippen molar-refractivity contribution in [3.05, 3.63) is 65.7 Å². The van der Waals surface area contributed by atoms with E-state index in [-0.39, 0.29) is 24.2 Å². The van der Waals surface area contributed by atoms with Crippen LogP contribution in [0.1, 0.15) is 23.6 Å². The molecule has 0 aliphatic carbocycles. The number of pyridine rings is 1. The zero-order valence-electron chi connectivity index (χ0n) is 11.8. The molecule has 1 aromatic heterocycles. The number of methoxy groups -OCH3 is 1. The average molecular weight is 288 g/mol. The Morgan fingerprint density at radius 1 is 1.19 bits per heavy atom. The topological polar surface area (TPSA) is 51.2 Å². The summed E-state index contributed by atoms with van der Waals surface area (Å²) < 4.78 is 18.0. The van der Waals surface area contributed by atoms with Gasteiger partial charge in [0, 0.05) is 25.9 Å². The molecule has 0 aliphatic rings. The molecule has 0 spiro atoms. The third kappa shape index (κ3) is 4.36. The molecule has 0 bridgehead atoms. The van der Waals surface area contributed by atoms with Gasteiger partial charge in [0.1, 0.15) is 5.82 Å². The molecule has 110 valence electrons. The lowest BCUT2D eigenvalue weighted by molar-refractivity contribution is -0.122. The molecule has 21 heavy (non-hydrogen) atoms. The summed E-state index contributed by atoms with van der Waals surface area (Å²) in [5.74, 6) is -0.430. The number of nitrogens with zero attached hydrogens (tertiary/aromatic N) is 1. The number of hydrogen-bond acceptors (Lipinski definition) is 3. The molecule has 2 aromatic rings. The fourth-order valence-electron chi connectivity index (χ4n) is 2.00. The minimum atomic E-state index is -0.335. The maximum Gasteiger partial charge on any atom is 0.223 e. The van der Waals surface area contributed by atoms with Crippen molar-refractivity contribution >= 4 is 5.91 Å². The second kappa shape index (κ2) is 7.50. The van der Waals surface area contributed by atoms with E-state index in [9.17, 15) is 9.18 Å². The lowest BCUT2D eigenvalue weighted by Gasteiger charge is -2.19. The SMILES string of the molecule is COCCC(=O)N[C@H](c1ccncc1)c1ccc(F)cc1. The predicted molar refractivity (Wildman–Crippen MR) is 77.1 cm³/mol. The lowest BCUT2D eigenvalue weighted by atomic mass is 9.99. The highest BCUT2D eigenvalue weighted by molar-refractivity contribution is 5.77. The fraction of sp³-hybridized carbons (Fsp3) is 0.250. The second-order valence-corrected chi connectivity index (χ2v) is 4.58. The first-order valence-corrected chi connectivity index (χ1v) is 6.64. The maximum atomic E-state index is 13.1. The van der Waals surface area contributed by atoms with Gasteiger partial charge in [0.2, 0.25) is 5.91 Å². The number of amides is 1. The van der Waals surface area contributed by atoms with Crippen molar-refractivity contribution < 1.29 is 13.9 Å². The number of halogens is 1. The molecule has 0 fully saturated rings. The van der Waals surface area contributed by atoms with Crippen LogP contribution in [-0.4, -0.2) is 24.6 Å². The van der Waals surface area contributed by atoms with Gasteiger partial charge in [-0.25, -0.2) is 4.39 Å². The Labute approximate surface area is 123 Å². The van der Waals surface area contributed by atoms with Crippen LogP contribution in [0.3, 0.4) is 0 Å². The first-order chi connectivity index (χ1) is 10.2. The molecule has 1 atom stereocenters. The molecule has 0 saturated heterocycles. The average Bonchev–Trinajstić information content (AvgIpc) is 2.52. The van der Waals surface area contributed by atoms with Crippen molar-refractivity contribution in [3.8, 4) is 0 Å². The summed E-state index contributed by atoms with van der Waals surface area (Å²) in [5, 5.41) is 2.93. The van der Waals surface area contributed by atoms with Gasteiger partial charge in [0.05, 0.1) is 12.6 Å². The standard InChI is InChI=1S/C16H17FN2O2/c1-21-11-8-15(20)19-16(13-6-9-18-10-7-13)12-2-4-14(17)5-3-12/h2-7,9-10,16H,8,11H2,1H3,(H,19,20)/t16-/m0/s1. The highest BCUT2D eigenvalue weighted by atomic mass is 19.1. The van der Waals surface area contributed by atoms with Gasteiger partial charge in [-0.1, -0.05) is 12.1 Å². The van der Waals surface area contributed by atoms with Crippen molar-refractivity contribution in [1.29, 1.82) is 0 Å². The minimum Gasteiger partial charge on any atom is -0.384 e. The number of carbonyl (C=O) groups excluding carboxylic acids is 1. The molecule has 0 saturated carbocycles. The third-order valence-electron chi connectivity index (χ3n) is 3.08. The molecule has 4 nitrogen and oxygen atoms in total. The van der Waals surface area contributed by atoms with E-state index in [2.05, 4.69) is 10.3 Å². The first-order valence-electron chi connectivity index (χ1n) is 6.64. The highest BCUT2D eigenvalue weighted by Crippen LogP contribution is 2.22. The minimum absolute atomic E-state index is 0.122. The Bertz CT molecular complexity index is 573. The smallest absolute Gasteiger partial charge is 0.223 e. The van der Waals surface area contributed by atoms with Crippen LogP contribution in [0.25, 0.3) is 0 Å². The van der Waals surface area contributed by atoms with Crippen molar-refractivity contribution in [2.24, 2.45) is 0 Å². The Balaban J connectivity index is 2.22. The molecule has 1 heterocycles. The summed E-state index contributed by atoms with van der Waals surface area (Å²) >= 11 is 0. The summed E-state index contributed by atoms with van der Waals surface area (Å²) in [4.78, 5) is 15.9.